The molecule has 0 spiro atoms. The molecule has 0 bridgehead atoms. The summed E-state index contributed by atoms with van der Waals surface area (Å²) < 4.78 is 19.4. The summed E-state index contributed by atoms with van der Waals surface area (Å²) in [6, 6.07) is 7.24. The van der Waals surface area contributed by atoms with E-state index >= 15 is 0 Å². The fraction of sp³-hybridized carbons (Fsp3) is 0.143. The highest BCUT2D eigenvalue weighted by Crippen LogP contribution is 2.30. The number of benzene rings is 1. The maximum atomic E-state index is 13.2. The minimum atomic E-state index is -0.402. The fourth-order valence-corrected chi connectivity index (χ4v) is 1.86. The second kappa shape index (κ2) is 6.47. The lowest BCUT2D eigenvalue weighted by molar-refractivity contribution is 0.0950. The van der Waals surface area contributed by atoms with Gasteiger partial charge in [0.2, 0.25) is 0 Å². The summed E-state index contributed by atoms with van der Waals surface area (Å²) in [5, 5.41) is 2.65. The number of carbonyl (C=O) groups is 1. The zero-order valence-electron chi connectivity index (χ0n) is 10.7. The lowest BCUT2D eigenvalue weighted by Crippen LogP contribution is -2.23. The van der Waals surface area contributed by atoms with Gasteiger partial charge in [0, 0.05) is 24.9 Å². The summed E-state index contributed by atoms with van der Waals surface area (Å²) in [5.41, 5.74) is 0.247. The molecule has 0 atom stereocenters. The van der Waals surface area contributed by atoms with Crippen molar-refractivity contribution in [3.8, 4) is 11.5 Å². The molecule has 1 heterocycles. The molecule has 1 aromatic carbocycles. The van der Waals surface area contributed by atoms with Gasteiger partial charge in [-0.3, -0.25) is 9.78 Å². The van der Waals surface area contributed by atoms with Crippen molar-refractivity contribution in [3.05, 3.63) is 52.5 Å². The normalized spacial score (nSPS) is 10.2. The van der Waals surface area contributed by atoms with Crippen molar-refractivity contribution in [2.75, 3.05) is 6.54 Å². The Bertz CT molecular complexity index is 634. The van der Waals surface area contributed by atoms with Crippen LogP contribution in [0.3, 0.4) is 0 Å². The number of ether oxygens (including phenoxy) is 1. The van der Waals surface area contributed by atoms with Gasteiger partial charge in [-0.2, -0.15) is 0 Å². The Kier molecular flexibility index (Phi) is 4.68. The third-order valence-electron chi connectivity index (χ3n) is 2.42. The first-order valence-electron chi connectivity index (χ1n) is 5.97. The van der Waals surface area contributed by atoms with Crippen molar-refractivity contribution in [2.45, 2.75) is 6.92 Å². The first-order chi connectivity index (χ1) is 9.60. The summed E-state index contributed by atoms with van der Waals surface area (Å²) in [5.74, 6) is 0.0584. The summed E-state index contributed by atoms with van der Waals surface area (Å²) in [6.45, 7) is 2.34. The molecular formula is C14H12BrFN2O2. The van der Waals surface area contributed by atoms with E-state index in [0.29, 0.717) is 22.5 Å². The van der Waals surface area contributed by atoms with E-state index in [0.717, 1.165) is 0 Å². The molecule has 6 heteroatoms. The molecule has 1 aromatic heterocycles. The van der Waals surface area contributed by atoms with Crippen LogP contribution in [0.4, 0.5) is 4.39 Å². The molecule has 1 N–H and O–H groups in total. The van der Waals surface area contributed by atoms with Crippen LogP contribution in [0.1, 0.15) is 17.4 Å². The number of pyridine rings is 1. The number of carbonyl (C=O) groups excluding carboxylic acids is 1. The SMILES string of the molecule is CCNC(=O)c1cc(Oc2cc(F)ccc2Br)ccn1. The van der Waals surface area contributed by atoms with E-state index in [9.17, 15) is 9.18 Å². The van der Waals surface area contributed by atoms with Gasteiger partial charge in [-0.1, -0.05) is 0 Å². The van der Waals surface area contributed by atoms with Crippen molar-refractivity contribution in [1.29, 1.82) is 0 Å². The molecule has 104 valence electrons. The average molecular weight is 339 g/mol. The number of nitrogens with one attached hydrogen (secondary N) is 1. The monoisotopic (exact) mass is 338 g/mol. The molecule has 0 aliphatic heterocycles. The molecule has 2 aromatic rings. The minimum Gasteiger partial charge on any atom is -0.456 e. The standard InChI is InChI=1S/C14H12BrFN2O2/c1-2-17-14(19)12-8-10(5-6-18-12)20-13-7-9(16)3-4-11(13)15/h3-8H,2H2,1H3,(H,17,19). The smallest absolute Gasteiger partial charge is 0.270 e. The molecule has 1 amide bonds. The van der Waals surface area contributed by atoms with Crippen molar-refractivity contribution >= 4 is 21.8 Å². The summed E-state index contributed by atoms with van der Waals surface area (Å²) >= 11 is 3.27. The zero-order valence-corrected chi connectivity index (χ0v) is 12.3. The summed E-state index contributed by atoms with van der Waals surface area (Å²) in [6.07, 6.45) is 1.47. The van der Waals surface area contributed by atoms with Gasteiger partial charge in [-0.05, 0) is 41.1 Å². The van der Waals surface area contributed by atoms with E-state index in [1.54, 1.807) is 12.1 Å². The number of nitrogens with zero attached hydrogens (tertiary/aromatic N) is 1. The average Bonchev–Trinajstić information content (AvgIpc) is 2.43. The summed E-state index contributed by atoms with van der Waals surface area (Å²) in [4.78, 5) is 15.6. The van der Waals surface area contributed by atoms with E-state index < -0.39 is 5.82 Å². The van der Waals surface area contributed by atoms with E-state index in [-0.39, 0.29) is 11.6 Å². The Labute approximate surface area is 124 Å². The van der Waals surface area contributed by atoms with Crippen LogP contribution in [0.5, 0.6) is 11.5 Å². The van der Waals surface area contributed by atoms with Crippen molar-refractivity contribution in [1.82, 2.24) is 10.3 Å². The van der Waals surface area contributed by atoms with Crippen molar-refractivity contribution in [3.63, 3.8) is 0 Å². The van der Waals surface area contributed by atoms with Crippen LogP contribution in [0.15, 0.2) is 41.0 Å². The minimum absolute atomic E-state index is 0.247. The van der Waals surface area contributed by atoms with Crippen LogP contribution >= 0.6 is 15.9 Å². The van der Waals surface area contributed by atoms with Gasteiger partial charge >= 0.3 is 0 Å². The van der Waals surface area contributed by atoms with Gasteiger partial charge in [-0.25, -0.2) is 4.39 Å². The van der Waals surface area contributed by atoms with E-state index in [4.69, 9.17) is 4.74 Å². The Balaban J connectivity index is 2.23. The Morgan fingerprint density at radius 1 is 1.40 bits per heavy atom. The third kappa shape index (κ3) is 3.54. The van der Waals surface area contributed by atoms with Crippen LogP contribution in [-0.4, -0.2) is 17.4 Å². The van der Waals surface area contributed by atoms with Crippen LogP contribution in [0.25, 0.3) is 0 Å². The van der Waals surface area contributed by atoms with E-state index in [2.05, 4.69) is 26.2 Å². The van der Waals surface area contributed by atoms with Crippen LogP contribution in [-0.2, 0) is 0 Å². The van der Waals surface area contributed by atoms with Gasteiger partial charge < -0.3 is 10.1 Å². The molecular weight excluding hydrogens is 327 g/mol. The highest BCUT2D eigenvalue weighted by Gasteiger charge is 2.09. The van der Waals surface area contributed by atoms with Gasteiger partial charge in [-0.15, -0.1) is 0 Å². The van der Waals surface area contributed by atoms with E-state index in [1.807, 2.05) is 6.92 Å². The predicted molar refractivity (Wildman–Crippen MR) is 76.4 cm³/mol. The van der Waals surface area contributed by atoms with Gasteiger partial charge in [0.05, 0.1) is 4.47 Å². The second-order valence-corrected chi connectivity index (χ2v) is 4.77. The second-order valence-electron chi connectivity index (χ2n) is 3.91. The molecule has 0 unspecified atom stereocenters. The van der Waals surface area contributed by atoms with Gasteiger partial charge in [0.1, 0.15) is 23.0 Å². The molecule has 20 heavy (non-hydrogen) atoms. The van der Waals surface area contributed by atoms with Crippen LogP contribution in [0.2, 0.25) is 0 Å². The van der Waals surface area contributed by atoms with Crippen molar-refractivity contribution in [2.24, 2.45) is 0 Å². The van der Waals surface area contributed by atoms with Gasteiger partial charge in [0.25, 0.3) is 5.91 Å². The molecule has 0 aliphatic carbocycles. The molecule has 2 rings (SSSR count). The maximum absolute atomic E-state index is 13.2. The lowest BCUT2D eigenvalue weighted by Gasteiger charge is -2.09. The molecule has 0 saturated carbocycles. The Morgan fingerprint density at radius 3 is 2.95 bits per heavy atom. The topological polar surface area (TPSA) is 51.2 Å². The molecule has 0 radical (unpaired) electrons. The first-order valence-corrected chi connectivity index (χ1v) is 6.76. The fourth-order valence-electron chi connectivity index (χ4n) is 1.53. The highest BCUT2D eigenvalue weighted by molar-refractivity contribution is 9.10. The van der Waals surface area contributed by atoms with Crippen LogP contribution in [0, 0.1) is 5.82 Å². The molecule has 0 saturated heterocycles. The number of aromatic nitrogens is 1. The number of hydrogen-bond acceptors (Lipinski definition) is 3. The Hall–Kier alpha value is -1.95. The largest absolute Gasteiger partial charge is 0.456 e. The molecule has 4 nitrogen and oxygen atoms in total. The molecule has 0 aliphatic rings. The molecule has 0 fully saturated rings. The third-order valence-corrected chi connectivity index (χ3v) is 3.08. The van der Waals surface area contributed by atoms with Crippen molar-refractivity contribution < 1.29 is 13.9 Å². The first kappa shape index (κ1) is 14.5. The lowest BCUT2D eigenvalue weighted by atomic mass is 10.3. The maximum Gasteiger partial charge on any atom is 0.270 e. The van der Waals surface area contributed by atoms with Gasteiger partial charge in [0.15, 0.2) is 0 Å². The number of hydrogen-bond donors (Lipinski definition) is 1. The Morgan fingerprint density at radius 2 is 2.20 bits per heavy atom. The summed E-state index contributed by atoms with van der Waals surface area (Å²) in [7, 11) is 0. The number of halogens is 2. The number of amides is 1. The highest BCUT2D eigenvalue weighted by atomic mass is 79.9. The predicted octanol–water partition coefficient (Wildman–Crippen LogP) is 3.53. The zero-order chi connectivity index (χ0) is 14.5. The number of rotatable bonds is 4. The quantitative estimate of drug-likeness (QED) is 0.927. The van der Waals surface area contributed by atoms with Crippen LogP contribution < -0.4 is 10.1 Å². The van der Waals surface area contributed by atoms with E-state index in [1.165, 1.54) is 24.4 Å².